The number of amides is 1. The number of nitrogens with one attached hydrogen (secondary N) is 1. The van der Waals surface area contributed by atoms with Gasteiger partial charge < -0.3 is 20.1 Å². The van der Waals surface area contributed by atoms with Gasteiger partial charge in [0.05, 0.1) is 12.6 Å². The second-order valence-electron chi connectivity index (χ2n) is 7.08. The second kappa shape index (κ2) is 7.79. The zero-order valence-electron chi connectivity index (χ0n) is 14.3. The van der Waals surface area contributed by atoms with Crippen molar-refractivity contribution in [3.8, 4) is 0 Å². The second-order valence-corrected chi connectivity index (χ2v) is 7.08. The quantitative estimate of drug-likeness (QED) is 0.895. The van der Waals surface area contributed by atoms with Crippen LogP contribution in [0.3, 0.4) is 0 Å². The molecule has 0 radical (unpaired) electrons. The lowest BCUT2D eigenvalue weighted by Gasteiger charge is -2.36. The van der Waals surface area contributed by atoms with Gasteiger partial charge in [-0.1, -0.05) is 30.3 Å². The van der Waals surface area contributed by atoms with Crippen molar-refractivity contribution in [2.45, 2.75) is 51.3 Å². The van der Waals surface area contributed by atoms with Crippen LogP contribution in [0.25, 0.3) is 0 Å². The van der Waals surface area contributed by atoms with E-state index < -0.39 is 5.60 Å². The van der Waals surface area contributed by atoms with E-state index in [9.17, 15) is 9.90 Å². The minimum absolute atomic E-state index is 0.0347. The van der Waals surface area contributed by atoms with Gasteiger partial charge in [-0.25, -0.2) is 4.79 Å². The fourth-order valence-electron chi connectivity index (χ4n) is 2.83. The number of rotatable bonds is 4. The molecule has 23 heavy (non-hydrogen) atoms. The van der Waals surface area contributed by atoms with Gasteiger partial charge in [-0.15, -0.1) is 0 Å². The molecule has 1 heterocycles. The van der Waals surface area contributed by atoms with E-state index in [1.165, 1.54) is 0 Å². The molecular weight excluding hydrogens is 292 g/mol. The first-order valence-corrected chi connectivity index (χ1v) is 8.29. The Morgan fingerprint density at radius 2 is 2.09 bits per heavy atom. The van der Waals surface area contributed by atoms with Crippen molar-refractivity contribution in [3.05, 3.63) is 35.9 Å². The summed E-state index contributed by atoms with van der Waals surface area (Å²) in [5.41, 5.74) is 0.583. The van der Waals surface area contributed by atoms with Crippen LogP contribution in [0.15, 0.2) is 30.3 Å². The number of likely N-dealkylation sites (tertiary alicyclic amines) is 1. The average molecular weight is 320 g/mol. The van der Waals surface area contributed by atoms with E-state index in [4.69, 9.17) is 4.74 Å². The molecule has 1 amide bonds. The minimum Gasteiger partial charge on any atom is -0.444 e. The van der Waals surface area contributed by atoms with Crippen LogP contribution in [0.4, 0.5) is 4.79 Å². The highest BCUT2D eigenvalue weighted by Gasteiger charge is 2.28. The Labute approximate surface area is 138 Å². The van der Waals surface area contributed by atoms with Gasteiger partial charge in [0, 0.05) is 19.1 Å². The average Bonchev–Trinajstić information content (AvgIpc) is 2.52. The number of piperidine rings is 1. The van der Waals surface area contributed by atoms with Gasteiger partial charge in [0.1, 0.15) is 5.60 Å². The summed E-state index contributed by atoms with van der Waals surface area (Å²) in [7, 11) is 0. The van der Waals surface area contributed by atoms with Crippen molar-refractivity contribution in [1.29, 1.82) is 0 Å². The number of carbonyl (C=O) groups is 1. The highest BCUT2D eigenvalue weighted by Crippen LogP contribution is 2.19. The first-order chi connectivity index (χ1) is 10.9. The Morgan fingerprint density at radius 3 is 2.70 bits per heavy atom. The molecule has 5 nitrogen and oxygen atoms in total. The summed E-state index contributed by atoms with van der Waals surface area (Å²) in [6.07, 6.45) is 1.66. The van der Waals surface area contributed by atoms with Gasteiger partial charge >= 0.3 is 6.09 Å². The zero-order valence-corrected chi connectivity index (χ0v) is 14.3. The largest absolute Gasteiger partial charge is 0.444 e. The number of hydrogen-bond donors (Lipinski definition) is 2. The van der Waals surface area contributed by atoms with Gasteiger partial charge in [-0.2, -0.15) is 0 Å². The lowest BCUT2D eigenvalue weighted by atomic mass is 10.0. The number of aliphatic hydroxyl groups excluding tert-OH is 1. The summed E-state index contributed by atoms with van der Waals surface area (Å²) in [4.78, 5) is 14.0. The minimum atomic E-state index is -0.477. The van der Waals surface area contributed by atoms with E-state index >= 15 is 0 Å². The van der Waals surface area contributed by atoms with Crippen molar-refractivity contribution in [2.75, 3.05) is 19.7 Å². The molecule has 1 aliphatic rings. The molecule has 1 saturated heterocycles. The summed E-state index contributed by atoms with van der Waals surface area (Å²) in [5, 5.41) is 13.1. The molecule has 1 unspecified atom stereocenters. The van der Waals surface area contributed by atoms with E-state index in [0.29, 0.717) is 6.54 Å². The number of benzene rings is 1. The number of hydrogen-bond acceptors (Lipinski definition) is 4. The number of aliphatic hydroxyl groups is 1. The van der Waals surface area contributed by atoms with Crippen molar-refractivity contribution < 1.29 is 14.6 Å². The monoisotopic (exact) mass is 320 g/mol. The van der Waals surface area contributed by atoms with Crippen LogP contribution in [0, 0.1) is 0 Å². The standard InChI is InChI=1S/C18H28N2O3/c1-18(2,3)23-17(22)20-11-7-10-15(12-20)19-16(13-21)14-8-5-4-6-9-14/h4-6,8-9,15-16,19,21H,7,10-13H2,1-3H3/t15?,16-/m0/s1. The van der Waals surface area contributed by atoms with Crippen LogP contribution in [0.1, 0.15) is 45.2 Å². The van der Waals surface area contributed by atoms with Crippen LogP contribution in [-0.2, 0) is 4.74 Å². The highest BCUT2D eigenvalue weighted by atomic mass is 16.6. The molecule has 0 spiro atoms. The van der Waals surface area contributed by atoms with Gasteiger partial charge in [-0.3, -0.25) is 0 Å². The molecule has 1 aliphatic heterocycles. The molecular formula is C18H28N2O3. The third-order valence-corrected chi connectivity index (χ3v) is 3.89. The molecule has 128 valence electrons. The van der Waals surface area contributed by atoms with E-state index in [1.807, 2.05) is 51.1 Å². The van der Waals surface area contributed by atoms with E-state index in [1.54, 1.807) is 4.90 Å². The molecule has 5 heteroatoms. The predicted molar refractivity (Wildman–Crippen MR) is 90.2 cm³/mol. The lowest BCUT2D eigenvalue weighted by Crippen LogP contribution is -2.50. The number of ether oxygens (including phenoxy) is 1. The van der Waals surface area contributed by atoms with Crippen molar-refractivity contribution in [2.24, 2.45) is 0 Å². The molecule has 1 aromatic rings. The molecule has 2 rings (SSSR count). The van der Waals surface area contributed by atoms with Crippen molar-refractivity contribution in [1.82, 2.24) is 10.2 Å². The van der Waals surface area contributed by atoms with Gasteiger partial charge in [0.2, 0.25) is 0 Å². The smallest absolute Gasteiger partial charge is 0.410 e. The number of nitrogens with zero attached hydrogens (tertiary/aromatic N) is 1. The molecule has 1 aromatic carbocycles. The molecule has 0 bridgehead atoms. The maximum Gasteiger partial charge on any atom is 0.410 e. The molecule has 0 saturated carbocycles. The Bertz CT molecular complexity index is 499. The SMILES string of the molecule is CC(C)(C)OC(=O)N1CCCC(N[C@@H](CO)c2ccccc2)C1. The van der Waals surface area contributed by atoms with E-state index in [0.717, 1.165) is 24.9 Å². The normalized spacial score (nSPS) is 20.2. The lowest BCUT2D eigenvalue weighted by molar-refractivity contribution is 0.0180. The van der Waals surface area contributed by atoms with Crippen molar-refractivity contribution >= 4 is 6.09 Å². The Kier molecular flexibility index (Phi) is 6.02. The van der Waals surface area contributed by atoms with Crippen LogP contribution >= 0.6 is 0 Å². The van der Waals surface area contributed by atoms with Gasteiger partial charge in [-0.05, 0) is 39.2 Å². The maximum atomic E-state index is 12.2. The third-order valence-electron chi connectivity index (χ3n) is 3.89. The molecule has 2 atom stereocenters. The van der Waals surface area contributed by atoms with Gasteiger partial charge in [0.25, 0.3) is 0 Å². The number of carbonyl (C=O) groups excluding carboxylic acids is 1. The van der Waals surface area contributed by atoms with Crippen LogP contribution in [-0.4, -0.2) is 47.4 Å². The van der Waals surface area contributed by atoms with Crippen LogP contribution in [0.2, 0.25) is 0 Å². The first-order valence-electron chi connectivity index (χ1n) is 8.29. The van der Waals surface area contributed by atoms with Gasteiger partial charge in [0.15, 0.2) is 0 Å². The summed E-state index contributed by atoms with van der Waals surface area (Å²) >= 11 is 0. The maximum absolute atomic E-state index is 12.2. The topological polar surface area (TPSA) is 61.8 Å². The van der Waals surface area contributed by atoms with E-state index in [2.05, 4.69) is 5.32 Å². The molecule has 0 aromatic heterocycles. The summed E-state index contributed by atoms with van der Waals surface area (Å²) in [6.45, 7) is 7.00. The van der Waals surface area contributed by atoms with Crippen LogP contribution < -0.4 is 5.32 Å². The fraction of sp³-hybridized carbons (Fsp3) is 0.611. The third kappa shape index (κ3) is 5.52. The Morgan fingerprint density at radius 1 is 1.39 bits per heavy atom. The molecule has 0 aliphatic carbocycles. The highest BCUT2D eigenvalue weighted by molar-refractivity contribution is 5.68. The molecule has 1 fully saturated rings. The van der Waals surface area contributed by atoms with Crippen molar-refractivity contribution in [3.63, 3.8) is 0 Å². The Hall–Kier alpha value is -1.59. The molecule has 2 N–H and O–H groups in total. The van der Waals surface area contributed by atoms with Crippen LogP contribution in [0.5, 0.6) is 0 Å². The summed E-state index contributed by atoms with van der Waals surface area (Å²) in [5.74, 6) is 0. The summed E-state index contributed by atoms with van der Waals surface area (Å²) in [6, 6.07) is 9.95. The fourth-order valence-corrected chi connectivity index (χ4v) is 2.83. The van der Waals surface area contributed by atoms with E-state index in [-0.39, 0.29) is 24.8 Å². The predicted octanol–water partition coefficient (Wildman–Crippen LogP) is 2.71. The zero-order chi connectivity index (χ0) is 16.9. The summed E-state index contributed by atoms with van der Waals surface area (Å²) < 4.78 is 5.45. The Balaban J connectivity index is 1.94. The first kappa shape index (κ1) is 17.8.